The Morgan fingerprint density at radius 1 is 1.12 bits per heavy atom. The largest absolute Gasteiger partial charge is 0.456 e. The number of hydrogen-bond donors (Lipinski definition) is 1. The van der Waals surface area contributed by atoms with Gasteiger partial charge in [0.2, 0.25) is 0 Å². The van der Waals surface area contributed by atoms with Gasteiger partial charge in [-0.2, -0.15) is 0 Å². The normalized spacial score (nSPS) is 10.7. The summed E-state index contributed by atoms with van der Waals surface area (Å²) in [7, 11) is 0. The van der Waals surface area contributed by atoms with Crippen LogP contribution in [0, 0.1) is 0 Å². The summed E-state index contributed by atoms with van der Waals surface area (Å²) in [5, 5.41) is 0. The predicted octanol–water partition coefficient (Wildman–Crippen LogP) is 8.32. The number of aliphatic imine (C=N–C) groups is 1. The Labute approximate surface area is 201 Å². The highest BCUT2D eigenvalue weighted by Gasteiger charge is 2.14. The number of ether oxygens (including phenoxy) is 1. The van der Waals surface area contributed by atoms with Gasteiger partial charge < -0.3 is 10.5 Å². The van der Waals surface area contributed by atoms with Gasteiger partial charge in [0.1, 0.15) is 17.3 Å². The first-order valence-corrected chi connectivity index (χ1v) is 12.2. The average molecular weight is 456 g/mol. The summed E-state index contributed by atoms with van der Waals surface area (Å²) in [6.45, 7) is 16.2. The Kier molecular flexibility index (Phi) is 15.7. The summed E-state index contributed by atoms with van der Waals surface area (Å²) in [5.41, 5.74) is 10.2. The van der Waals surface area contributed by atoms with E-state index in [-0.39, 0.29) is 0 Å². The molecular formula is C27H41N3OS. The van der Waals surface area contributed by atoms with Gasteiger partial charge in [-0.15, -0.1) is 0 Å². The van der Waals surface area contributed by atoms with E-state index in [1.54, 1.807) is 12.3 Å². The number of hydrogen-bond acceptors (Lipinski definition) is 5. The van der Waals surface area contributed by atoms with Crippen molar-refractivity contribution >= 4 is 28.6 Å². The van der Waals surface area contributed by atoms with Crippen molar-refractivity contribution < 1.29 is 4.74 Å². The molecule has 0 spiro atoms. The third kappa shape index (κ3) is 8.91. The summed E-state index contributed by atoms with van der Waals surface area (Å²) < 4.78 is 6.15. The summed E-state index contributed by atoms with van der Waals surface area (Å²) >= 11 is 5.32. The van der Waals surface area contributed by atoms with Gasteiger partial charge in [0.15, 0.2) is 0 Å². The number of allylic oxidation sites excluding steroid dienone is 1. The van der Waals surface area contributed by atoms with E-state index in [0.717, 1.165) is 37.1 Å². The number of nitrogen functional groups attached to an aromatic ring is 1. The standard InChI is InChI=1S/C23H29N3OS.2C2H6/c1-5-8-17-15-18(10-11-19(17)20(9-6-2)25-13-7-3)27-21-12-14-26-23(24)22(21)16(4)28;2*1-2/h7,10-15H,5-6,8-9H2,1-4H3,(H2,24,26);2*1-2H3/b13-7-,25-20?;;. The molecule has 32 heavy (non-hydrogen) atoms. The Hall–Kier alpha value is -2.53. The van der Waals surface area contributed by atoms with Gasteiger partial charge in [-0.05, 0) is 62.1 Å². The molecule has 1 aromatic carbocycles. The van der Waals surface area contributed by atoms with Crippen LogP contribution in [0.5, 0.6) is 11.5 Å². The van der Waals surface area contributed by atoms with Crippen molar-refractivity contribution in [2.24, 2.45) is 4.99 Å². The van der Waals surface area contributed by atoms with Crippen molar-refractivity contribution in [3.8, 4) is 11.5 Å². The molecule has 0 unspecified atom stereocenters. The van der Waals surface area contributed by atoms with Gasteiger partial charge >= 0.3 is 0 Å². The van der Waals surface area contributed by atoms with Crippen LogP contribution in [0.15, 0.2) is 47.7 Å². The first-order valence-electron chi connectivity index (χ1n) is 11.8. The topological polar surface area (TPSA) is 60.5 Å². The van der Waals surface area contributed by atoms with E-state index >= 15 is 0 Å². The van der Waals surface area contributed by atoms with Crippen LogP contribution in [0.2, 0.25) is 0 Å². The minimum Gasteiger partial charge on any atom is -0.456 e. The van der Waals surface area contributed by atoms with Crippen LogP contribution >= 0.6 is 12.2 Å². The minimum absolute atomic E-state index is 0.388. The number of aryl methyl sites for hydroxylation is 1. The molecule has 0 aliphatic rings. The Balaban J connectivity index is 0.00000227. The molecule has 176 valence electrons. The van der Waals surface area contributed by atoms with Gasteiger partial charge in [-0.1, -0.05) is 72.7 Å². The van der Waals surface area contributed by atoms with E-state index < -0.39 is 0 Å². The maximum Gasteiger partial charge on any atom is 0.141 e. The lowest BCUT2D eigenvalue weighted by atomic mass is 9.96. The molecule has 4 nitrogen and oxygen atoms in total. The maximum atomic E-state index is 6.15. The van der Waals surface area contributed by atoms with Crippen LogP contribution in [0.4, 0.5) is 5.82 Å². The van der Waals surface area contributed by atoms with Crippen LogP contribution in [-0.2, 0) is 6.42 Å². The molecule has 1 aromatic heterocycles. The molecule has 2 N–H and O–H groups in total. The van der Waals surface area contributed by atoms with Crippen molar-refractivity contribution in [1.82, 2.24) is 4.98 Å². The number of aromatic nitrogens is 1. The van der Waals surface area contributed by atoms with Crippen molar-refractivity contribution in [1.29, 1.82) is 0 Å². The highest BCUT2D eigenvalue weighted by molar-refractivity contribution is 7.80. The first-order chi connectivity index (χ1) is 15.5. The molecule has 0 radical (unpaired) electrons. The number of benzene rings is 1. The average Bonchev–Trinajstić information content (AvgIpc) is 2.80. The molecule has 1 heterocycles. The lowest BCUT2D eigenvalue weighted by molar-refractivity contribution is 0.480. The minimum atomic E-state index is 0.388. The molecule has 0 fully saturated rings. The van der Waals surface area contributed by atoms with Crippen LogP contribution in [0.3, 0.4) is 0 Å². The maximum absolute atomic E-state index is 6.15. The monoisotopic (exact) mass is 455 g/mol. The number of anilines is 1. The second-order valence-corrected chi connectivity index (χ2v) is 7.22. The van der Waals surface area contributed by atoms with Crippen LogP contribution < -0.4 is 10.5 Å². The summed E-state index contributed by atoms with van der Waals surface area (Å²) in [4.78, 5) is 9.45. The van der Waals surface area contributed by atoms with E-state index in [9.17, 15) is 0 Å². The molecular weight excluding hydrogens is 414 g/mol. The van der Waals surface area contributed by atoms with Crippen molar-refractivity contribution in [2.45, 2.75) is 81.1 Å². The third-order valence-electron chi connectivity index (χ3n) is 4.30. The van der Waals surface area contributed by atoms with Gasteiger partial charge in [-0.3, -0.25) is 4.99 Å². The van der Waals surface area contributed by atoms with Gasteiger partial charge in [0, 0.05) is 23.0 Å². The first kappa shape index (κ1) is 29.5. The predicted molar refractivity (Wildman–Crippen MR) is 145 cm³/mol. The highest BCUT2D eigenvalue weighted by atomic mass is 32.1. The molecule has 0 saturated carbocycles. The molecule has 0 aliphatic heterocycles. The lowest BCUT2D eigenvalue weighted by Gasteiger charge is -2.15. The zero-order chi connectivity index (χ0) is 24.5. The number of pyridine rings is 1. The fraction of sp³-hybridized carbons (Fsp3) is 0.444. The summed E-state index contributed by atoms with van der Waals surface area (Å²) in [5.74, 6) is 1.78. The molecule has 0 bridgehead atoms. The molecule has 0 aliphatic carbocycles. The van der Waals surface area contributed by atoms with Crippen molar-refractivity contribution in [2.75, 3.05) is 5.73 Å². The van der Waals surface area contributed by atoms with Gasteiger partial charge in [-0.25, -0.2) is 4.98 Å². The molecule has 2 rings (SSSR count). The zero-order valence-corrected chi connectivity index (χ0v) is 22.0. The van der Waals surface area contributed by atoms with Crippen LogP contribution in [0.25, 0.3) is 0 Å². The SMILES string of the molecule is C/C=C\N=C(CCC)c1ccc(Oc2ccnc(N)c2C(C)=S)cc1CCC.CC.CC. The molecule has 5 heteroatoms. The Morgan fingerprint density at radius 2 is 1.81 bits per heavy atom. The molecule has 2 aromatic rings. The van der Waals surface area contributed by atoms with Crippen LogP contribution in [0.1, 0.15) is 91.3 Å². The van der Waals surface area contributed by atoms with E-state index in [1.165, 1.54) is 11.1 Å². The fourth-order valence-electron chi connectivity index (χ4n) is 3.09. The number of rotatable bonds is 9. The van der Waals surface area contributed by atoms with Gasteiger partial charge in [0.05, 0.1) is 5.56 Å². The summed E-state index contributed by atoms with van der Waals surface area (Å²) in [6.07, 6.45) is 9.45. The van der Waals surface area contributed by atoms with Crippen molar-refractivity contribution in [3.63, 3.8) is 0 Å². The lowest BCUT2D eigenvalue weighted by Crippen LogP contribution is -2.06. The van der Waals surface area contributed by atoms with Crippen molar-refractivity contribution in [3.05, 3.63) is 59.4 Å². The quantitative estimate of drug-likeness (QED) is 0.234. The second-order valence-electron chi connectivity index (χ2n) is 6.60. The van der Waals surface area contributed by atoms with E-state index in [0.29, 0.717) is 22.0 Å². The number of thiocarbonyl (C=S) groups is 1. The number of nitrogens with zero attached hydrogens (tertiary/aromatic N) is 2. The summed E-state index contributed by atoms with van der Waals surface area (Å²) in [6, 6.07) is 7.98. The van der Waals surface area contributed by atoms with E-state index in [1.807, 2.05) is 59.9 Å². The molecule has 0 atom stereocenters. The molecule has 0 amide bonds. The highest BCUT2D eigenvalue weighted by Crippen LogP contribution is 2.30. The third-order valence-corrected chi connectivity index (χ3v) is 4.50. The van der Waals surface area contributed by atoms with E-state index in [2.05, 4.69) is 36.0 Å². The molecule has 0 saturated heterocycles. The Bertz CT molecular complexity index is 888. The number of nitrogens with two attached hydrogens (primary N) is 1. The zero-order valence-electron chi connectivity index (χ0n) is 21.2. The fourth-order valence-corrected chi connectivity index (χ4v) is 3.29. The van der Waals surface area contributed by atoms with Gasteiger partial charge in [0.25, 0.3) is 0 Å². The van der Waals surface area contributed by atoms with E-state index in [4.69, 9.17) is 22.7 Å². The Morgan fingerprint density at radius 3 is 2.38 bits per heavy atom. The second kappa shape index (κ2) is 17.1. The van der Waals surface area contributed by atoms with Crippen LogP contribution in [-0.4, -0.2) is 15.6 Å². The smallest absolute Gasteiger partial charge is 0.141 e.